The Morgan fingerprint density at radius 2 is 2.45 bits per heavy atom. The van der Waals surface area contributed by atoms with E-state index in [-0.39, 0.29) is 0 Å². The molecule has 0 aliphatic heterocycles. The second-order valence-corrected chi connectivity index (χ2v) is 2.72. The quantitative estimate of drug-likeness (QED) is 0.532. The molecule has 0 saturated carbocycles. The van der Waals surface area contributed by atoms with Gasteiger partial charge in [-0.1, -0.05) is 24.2 Å². The second-order valence-electron chi connectivity index (χ2n) is 2.72. The van der Waals surface area contributed by atoms with E-state index in [0.717, 1.165) is 10.6 Å². The summed E-state index contributed by atoms with van der Waals surface area (Å²) in [6.07, 6.45) is 9.95. The first-order valence-electron chi connectivity index (χ1n) is 3.67. The maximum atomic E-state index is 5.03. The molecule has 0 aromatic carbocycles. The standard InChI is InChI=1S/C9H9NO/c1-7-3-2-4-8-6-10-11-9(8)5-7/h2-7H,1H3. The third kappa shape index (κ3) is 1.11. The third-order valence-electron chi connectivity index (χ3n) is 1.73. The summed E-state index contributed by atoms with van der Waals surface area (Å²) in [6.45, 7) is 2.11. The zero-order valence-corrected chi connectivity index (χ0v) is 6.32. The summed E-state index contributed by atoms with van der Waals surface area (Å²) in [6, 6.07) is 0. The Hall–Kier alpha value is -1.31. The minimum atomic E-state index is 0.431. The lowest BCUT2D eigenvalue weighted by Gasteiger charge is -1.90. The fourth-order valence-electron chi connectivity index (χ4n) is 1.14. The van der Waals surface area contributed by atoms with Crippen molar-refractivity contribution in [1.29, 1.82) is 0 Å². The molecule has 1 aliphatic carbocycles. The van der Waals surface area contributed by atoms with E-state index in [0.29, 0.717) is 5.92 Å². The van der Waals surface area contributed by atoms with Crippen LogP contribution in [0.2, 0.25) is 0 Å². The van der Waals surface area contributed by atoms with Crippen molar-refractivity contribution >= 4 is 12.2 Å². The van der Waals surface area contributed by atoms with E-state index in [4.69, 9.17) is 4.52 Å². The fourth-order valence-corrected chi connectivity index (χ4v) is 1.14. The predicted octanol–water partition coefficient (Wildman–Crippen LogP) is 0.442. The van der Waals surface area contributed by atoms with Crippen molar-refractivity contribution in [2.75, 3.05) is 0 Å². The highest BCUT2D eigenvalue weighted by Crippen LogP contribution is 1.99. The van der Waals surface area contributed by atoms with Crippen molar-refractivity contribution in [3.05, 3.63) is 29.0 Å². The summed E-state index contributed by atoms with van der Waals surface area (Å²) < 4.78 is 5.03. The molecule has 2 nitrogen and oxygen atoms in total. The summed E-state index contributed by atoms with van der Waals surface area (Å²) in [5.74, 6) is 0.431. The molecule has 1 aromatic rings. The Labute approximate surface area is 64.5 Å². The average molecular weight is 147 g/mol. The van der Waals surface area contributed by atoms with E-state index < -0.39 is 0 Å². The number of aromatic nitrogens is 1. The van der Waals surface area contributed by atoms with E-state index in [2.05, 4.69) is 24.2 Å². The number of hydrogen-bond acceptors (Lipinski definition) is 2. The van der Waals surface area contributed by atoms with Gasteiger partial charge >= 0.3 is 0 Å². The van der Waals surface area contributed by atoms with Crippen LogP contribution in [0.15, 0.2) is 22.9 Å². The van der Waals surface area contributed by atoms with Crippen molar-refractivity contribution in [1.82, 2.24) is 5.16 Å². The predicted molar refractivity (Wildman–Crippen MR) is 43.0 cm³/mol. The Balaban J connectivity index is 2.74. The van der Waals surface area contributed by atoms with Crippen LogP contribution in [0.4, 0.5) is 0 Å². The maximum absolute atomic E-state index is 5.03. The average Bonchev–Trinajstić information content (AvgIpc) is 2.31. The molecule has 0 spiro atoms. The maximum Gasteiger partial charge on any atom is 0.163 e. The Kier molecular flexibility index (Phi) is 1.39. The molecule has 0 radical (unpaired) electrons. The molecular formula is C9H9NO. The molecule has 0 saturated heterocycles. The number of hydrogen-bond donors (Lipinski definition) is 0. The van der Waals surface area contributed by atoms with Crippen molar-refractivity contribution in [2.45, 2.75) is 6.92 Å². The monoisotopic (exact) mass is 147 g/mol. The van der Waals surface area contributed by atoms with Gasteiger partial charge in [0.05, 0.1) is 6.20 Å². The van der Waals surface area contributed by atoms with Crippen LogP contribution in [0, 0.1) is 5.92 Å². The van der Waals surface area contributed by atoms with Crippen LogP contribution in [0.5, 0.6) is 0 Å². The Morgan fingerprint density at radius 1 is 1.55 bits per heavy atom. The van der Waals surface area contributed by atoms with Crippen molar-refractivity contribution in [3.8, 4) is 0 Å². The van der Waals surface area contributed by atoms with Gasteiger partial charge in [0.25, 0.3) is 0 Å². The second kappa shape index (κ2) is 2.38. The van der Waals surface area contributed by atoms with Crippen LogP contribution in [0.3, 0.4) is 0 Å². The number of rotatable bonds is 0. The summed E-state index contributed by atoms with van der Waals surface area (Å²) >= 11 is 0. The fraction of sp³-hybridized carbons (Fsp3) is 0.222. The summed E-state index contributed by atoms with van der Waals surface area (Å²) in [4.78, 5) is 0. The van der Waals surface area contributed by atoms with Crippen molar-refractivity contribution < 1.29 is 4.52 Å². The lowest BCUT2D eigenvalue weighted by atomic mass is 10.2. The van der Waals surface area contributed by atoms with Gasteiger partial charge in [-0.3, -0.25) is 0 Å². The summed E-state index contributed by atoms with van der Waals surface area (Å²) in [7, 11) is 0. The normalized spacial score (nSPS) is 21.4. The molecule has 1 heterocycles. The zero-order chi connectivity index (χ0) is 7.68. The van der Waals surface area contributed by atoms with Gasteiger partial charge in [0.1, 0.15) is 0 Å². The molecule has 1 atom stereocenters. The van der Waals surface area contributed by atoms with Crippen LogP contribution in [0.1, 0.15) is 6.92 Å². The zero-order valence-electron chi connectivity index (χ0n) is 6.32. The number of fused-ring (bicyclic) bond motifs is 1. The lowest BCUT2D eigenvalue weighted by molar-refractivity contribution is 0.392. The van der Waals surface area contributed by atoms with Gasteiger partial charge in [-0.25, -0.2) is 0 Å². The van der Waals surface area contributed by atoms with E-state index >= 15 is 0 Å². The van der Waals surface area contributed by atoms with Gasteiger partial charge in [-0.05, 0) is 18.1 Å². The van der Waals surface area contributed by atoms with Gasteiger partial charge in [0, 0.05) is 5.22 Å². The highest BCUT2D eigenvalue weighted by Gasteiger charge is 1.97. The van der Waals surface area contributed by atoms with E-state index in [1.807, 2.05) is 12.2 Å². The van der Waals surface area contributed by atoms with Crippen LogP contribution in [0.25, 0.3) is 12.2 Å². The molecule has 0 N–H and O–H groups in total. The Morgan fingerprint density at radius 3 is 3.36 bits per heavy atom. The number of allylic oxidation sites excluding steroid dienone is 2. The molecule has 0 amide bonds. The minimum absolute atomic E-state index is 0.431. The van der Waals surface area contributed by atoms with Gasteiger partial charge in [-0.15, -0.1) is 0 Å². The van der Waals surface area contributed by atoms with E-state index in [1.54, 1.807) is 6.20 Å². The smallest absolute Gasteiger partial charge is 0.163 e. The first-order valence-corrected chi connectivity index (χ1v) is 3.67. The highest BCUT2D eigenvalue weighted by atomic mass is 16.5. The SMILES string of the molecule is CC1C=CC=c2cnoc2=C1. The third-order valence-corrected chi connectivity index (χ3v) is 1.73. The molecule has 0 fully saturated rings. The Bertz CT molecular complexity index is 386. The molecule has 1 unspecified atom stereocenters. The van der Waals surface area contributed by atoms with Crippen LogP contribution < -0.4 is 10.6 Å². The molecule has 1 aromatic heterocycles. The van der Waals surface area contributed by atoms with E-state index in [9.17, 15) is 0 Å². The topological polar surface area (TPSA) is 26.0 Å². The molecule has 1 aliphatic rings. The first kappa shape index (κ1) is 6.40. The first-order chi connectivity index (χ1) is 5.36. The van der Waals surface area contributed by atoms with Crippen molar-refractivity contribution in [3.63, 3.8) is 0 Å². The van der Waals surface area contributed by atoms with Gasteiger partial charge < -0.3 is 4.52 Å². The van der Waals surface area contributed by atoms with Gasteiger partial charge in [-0.2, -0.15) is 0 Å². The number of nitrogens with zero attached hydrogens (tertiary/aromatic N) is 1. The van der Waals surface area contributed by atoms with Crippen LogP contribution >= 0.6 is 0 Å². The van der Waals surface area contributed by atoms with Crippen LogP contribution in [-0.4, -0.2) is 5.16 Å². The molecule has 11 heavy (non-hydrogen) atoms. The molecule has 2 heteroatoms. The minimum Gasteiger partial charge on any atom is -0.357 e. The largest absolute Gasteiger partial charge is 0.357 e. The van der Waals surface area contributed by atoms with Crippen LogP contribution in [-0.2, 0) is 0 Å². The molecule has 0 bridgehead atoms. The lowest BCUT2D eigenvalue weighted by Crippen LogP contribution is -2.18. The van der Waals surface area contributed by atoms with Gasteiger partial charge in [0.15, 0.2) is 5.42 Å². The summed E-state index contributed by atoms with van der Waals surface area (Å²) in [5.41, 5.74) is 0.877. The molecular weight excluding hydrogens is 138 g/mol. The summed E-state index contributed by atoms with van der Waals surface area (Å²) in [5, 5.41) is 4.77. The molecule has 56 valence electrons. The molecule has 2 rings (SSSR count). The van der Waals surface area contributed by atoms with Gasteiger partial charge in [0.2, 0.25) is 0 Å². The highest BCUT2D eigenvalue weighted by molar-refractivity contribution is 5.42. The van der Waals surface area contributed by atoms with E-state index in [1.165, 1.54) is 0 Å². The van der Waals surface area contributed by atoms with Crippen molar-refractivity contribution in [2.24, 2.45) is 5.92 Å².